The standard InChI is InChI=1S/C14H16N2O/c1-2-3-8-17-14-9-11(10-15)16-13-7-5-4-6-12(13)14/h2-7,9H,8,10,15H2,1H3. The van der Waals surface area contributed by atoms with Crippen LogP contribution >= 0.6 is 0 Å². The molecule has 0 saturated carbocycles. The number of ether oxygens (including phenoxy) is 1. The highest BCUT2D eigenvalue weighted by Crippen LogP contribution is 2.25. The Morgan fingerprint density at radius 3 is 2.94 bits per heavy atom. The normalized spacial score (nSPS) is 11.2. The molecule has 0 aliphatic rings. The van der Waals surface area contributed by atoms with Gasteiger partial charge >= 0.3 is 0 Å². The molecule has 1 heterocycles. The largest absolute Gasteiger partial charge is 0.489 e. The molecule has 0 aliphatic heterocycles. The van der Waals surface area contributed by atoms with E-state index in [1.807, 2.05) is 49.4 Å². The van der Waals surface area contributed by atoms with Gasteiger partial charge in [0.1, 0.15) is 12.4 Å². The maximum absolute atomic E-state index is 5.72. The van der Waals surface area contributed by atoms with Gasteiger partial charge in [0.15, 0.2) is 0 Å². The molecule has 0 spiro atoms. The fraction of sp³-hybridized carbons (Fsp3) is 0.214. The van der Waals surface area contributed by atoms with Crippen molar-refractivity contribution in [3.63, 3.8) is 0 Å². The zero-order chi connectivity index (χ0) is 12.1. The van der Waals surface area contributed by atoms with E-state index in [0.717, 1.165) is 22.3 Å². The number of nitrogens with zero attached hydrogens (tertiary/aromatic N) is 1. The minimum Gasteiger partial charge on any atom is -0.489 e. The van der Waals surface area contributed by atoms with Crippen molar-refractivity contribution in [3.05, 3.63) is 48.2 Å². The molecule has 0 amide bonds. The van der Waals surface area contributed by atoms with E-state index in [9.17, 15) is 0 Å². The third-order valence-corrected chi connectivity index (χ3v) is 2.51. The van der Waals surface area contributed by atoms with Crippen LogP contribution in [0.3, 0.4) is 0 Å². The van der Waals surface area contributed by atoms with E-state index >= 15 is 0 Å². The summed E-state index contributed by atoms with van der Waals surface area (Å²) in [4.78, 5) is 4.46. The Hall–Kier alpha value is -1.87. The number of pyridine rings is 1. The maximum Gasteiger partial charge on any atom is 0.131 e. The lowest BCUT2D eigenvalue weighted by molar-refractivity contribution is 0.366. The van der Waals surface area contributed by atoms with Gasteiger partial charge < -0.3 is 10.5 Å². The number of fused-ring (bicyclic) bond motifs is 1. The van der Waals surface area contributed by atoms with Crippen LogP contribution in [-0.4, -0.2) is 11.6 Å². The van der Waals surface area contributed by atoms with E-state index in [-0.39, 0.29) is 0 Å². The SMILES string of the molecule is CC=CCOc1cc(CN)nc2ccccc12. The molecule has 17 heavy (non-hydrogen) atoms. The number of rotatable bonds is 4. The lowest BCUT2D eigenvalue weighted by atomic mass is 10.2. The molecule has 0 atom stereocenters. The molecule has 0 unspecified atom stereocenters. The van der Waals surface area contributed by atoms with Crippen LogP contribution in [0, 0.1) is 0 Å². The summed E-state index contributed by atoms with van der Waals surface area (Å²) < 4.78 is 5.72. The van der Waals surface area contributed by atoms with Crippen LogP contribution in [0.2, 0.25) is 0 Å². The second-order valence-corrected chi connectivity index (χ2v) is 3.71. The quantitative estimate of drug-likeness (QED) is 0.818. The minimum absolute atomic E-state index is 0.421. The van der Waals surface area contributed by atoms with Gasteiger partial charge in [-0.3, -0.25) is 4.98 Å². The molecule has 3 heteroatoms. The van der Waals surface area contributed by atoms with Crippen molar-refractivity contribution in [2.75, 3.05) is 6.61 Å². The predicted molar refractivity (Wildman–Crippen MR) is 69.9 cm³/mol. The Balaban J connectivity index is 2.43. The van der Waals surface area contributed by atoms with Crippen molar-refractivity contribution >= 4 is 10.9 Å². The van der Waals surface area contributed by atoms with Gasteiger partial charge in [0.05, 0.1) is 11.2 Å². The second kappa shape index (κ2) is 5.46. The van der Waals surface area contributed by atoms with Crippen molar-refractivity contribution in [1.82, 2.24) is 4.98 Å². The number of para-hydroxylation sites is 1. The van der Waals surface area contributed by atoms with Gasteiger partial charge in [0, 0.05) is 18.0 Å². The zero-order valence-corrected chi connectivity index (χ0v) is 9.89. The Bertz CT molecular complexity index is 535. The topological polar surface area (TPSA) is 48.1 Å². The molecule has 0 aliphatic carbocycles. The highest BCUT2D eigenvalue weighted by Gasteiger charge is 2.05. The number of aromatic nitrogens is 1. The Kier molecular flexibility index (Phi) is 3.73. The van der Waals surface area contributed by atoms with Crippen LogP contribution in [0.4, 0.5) is 0 Å². The second-order valence-electron chi connectivity index (χ2n) is 3.71. The smallest absolute Gasteiger partial charge is 0.131 e. The summed E-state index contributed by atoms with van der Waals surface area (Å²) in [5, 5.41) is 1.02. The molecular formula is C14H16N2O. The van der Waals surface area contributed by atoms with Crippen LogP contribution in [0.1, 0.15) is 12.6 Å². The molecule has 2 N–H and O–H groups in total. The molecule has 2 aromatic rings. The van der Waals surface area contributed by atoms with E-state index in [4.69, 9.17) is 10.5 Å². The first kappa shape index (κ1) is 11.6. The van der Waals surface area contributed by atoms with E-state index in [1.54, 1.807) is 0 Å². The van der Waals surface area contributed by atoms with Crippen LogP contribution < -0.4 is 10.5 Å². The fourth-order valence-corrected chi connectivity index (χ4v) is 1.65. The summed E-state index contributed by atoms with van der Waals surface area (Å²) in [7, 11) is 0. The Labute approximate surface area is 101 Å². The van der Waals surface area contributed by atoms with Gasteiger partial charge in [-0.1, -0.05) is 24.3 Å². The molecule has 88 valence electrons. The van der Waals surface area contributed by atoms with Gasteiger partial charge in [-0.2, -0.15) is 0 Å². The Morgan fingerprint density at radius 2 is 2.18 bits per heavy atom. The third-order valence-electron chi connectivity index (χ3n) is 2.51. The van der Waals surface area contributed by atoms with Crippen LogP contribution in [0.25, 0.3) is 10.9 Å². The van der Waals surface area contributed by atoms with Crippen molar-refractivity contribution in [2.45, 2.75) is 13.5 Å². The minimum atomic E-state index is 0.421. The van der Waals surface area contributed by atoms with E-state index in [0.29, 0.717) is 13.2 Å². The average Bonchev–Trinajstić information content (AvgIpc) is 2.38. The maximum atomic E-state index is 5.72. The molecule has 1 aromatic carbocycles. The van der Waals surface area contributed by atoms with Crippen molar-refractivity contribution in [3.8, 4) is 5.75 Å². The summed E-state index contributed by atoms with van der Waals surface area (Å²) in [5.74, 6) is 0.842. The van der Waals surface area contributed by atoms with Crippen LogP contribution in [0.15, 0.2) is 42.5 Å². The number of nitrogens with two attached hydrogens (primary N) is 1. The van der Waals surface area contributed by atoms with Gasteiger partial charge in [-0.15, -0.1) is 0 Å². The van der Waals surface area contributed by atoms with Gasteiger partial charge in [0.2, 0.25) is 0 Å². The van der Waals surface area contributed by atoms with Crippen molar-refractivity contribution in [1.29, 1.82) is 0 Å². The molecule has 1 aromatic heterocycles. The lowest BCUT2D eigenvalue weighted by Gasteiger charge is -2.09. The number of benzene rings is 1. The first-order valence-electron chi connectivity index (χ1n) is 5.68. The summed E-state index contributed by atoms with van der Waals surface area (Å²) in [6, 6.07) is 9.83. The van der Waals surface area contributed by atoms with Crippen LogP contribution in [-0.2, 0) is 6.54 Å². The van der Waals surface area contributed by atoms with Gasteiger partial charge in [-0.25, -0.2) is 0 Å². The van der Waals surface area contributed by atoms with E-state index in [1.165, 1.54) is 0 Å². The highest BCUT2D eigenvalue weighted by atomic mass is 16.5. The molecule has 0 saturated heterocycles. The van der Waals surface area contributed by atoms with E-state index < -0.39 is 0 Å². The highest BCUT2D eigenvalue weighted by molar-refractivity contribution is 5.85. The van der Waals surface area contributed by atoms with Gasteiger partial charge in [-0.05, 0) is 19.1 Å². The van der Waals surface area contributed by atoms with Crippen molar-refractivity contribution in [2.24, 2.45) is 5.73 Å². The lowest BCUT2D eigenvalue weighted by Crippen LogP contribution is -2.02. The molecule has 0 radical (unpaired) electrons. The van der Waals surface area contributed by atoms with E-state index in [2.05, 4.69) is 4.98 Å². The number of allylic oxidation sites excluding steroid dienone is 1. The van der Waals surface area contributed by atoms with Crippen molar-refractivity contribution < 1.29 is 4.74 Å². The summed E-state index contributed by atoms with van der Waals surface area (Å²) in [6.07, 6.45) is 3.94. The van der Waals surface area contributed by atoms with Gasteiger partial charge in [0.25, 0.3) is 0 Å². The monoisotopic (exact) mass is 228 g/mol. The fourth-order valence-electron chi connectivity index (χ4n) is 1.65. The summed E-state index contributed by atoms with van der Waals surface area (Å²) in [6.45, 7) is 2.96. The molecule has 0 fully saturated rings. The molecule has 2 rings (SSSR count). The third kappa shape index (κ3) is 2.63. The molecule has 3 nitrogen and oxygen atoms in total. The average molecular weight is 228 g/mol. The Morgan fingerprint density at radius 1 is 1.35 bits per heavy atom. The first-order valence-corrected chi connectivity index (χ1v) is 5.68. The zero-order valence-electron chi connectivity index (χ0n) is 9.89. The van der Waals surface area contributed by atoms with Crippen LogP contribution in [0.5, 0.6) is 5.75 Å². The first-order chi connectivity index (χ1) is 8.35. The molecule has 0 bridgehead atoms. The summed E-state index contributed by atoms with van der Waals surface area (Å²) >= 11 is 0. The molecular weight excluding hydrogens is 212 g/mol. The number of hydrogen-bond donors (Lipinski definition) is 1. The predicted octanol–water partition coefficient (Wildman–Crippen LogP) is 2.65. The summed E-state index contributed by atoms with van der Waals surface area (Å²) in [5.41, 5.74) is 7.40. The number of hydrogen-bond acceptors (Lipinski definition) is 3.